The molecule has 1 unspecified atom stereocenters. The lowest BCUT2D eigenvalue weighted by Crippen LogP contribution is -2.39. The average Bonchev–Trinajstić information content (AvgIpc) is 3.16. The van der Waals surface area contributed by atoms with Crippen LogP contribution < -0.4 is 5.56 Å². The normalized spacial score (nSPS) is 18.1. The van der Waals surface area contributed by atoms with Crippen LogP contribution in [0.5, 0.6) is 0 Å². The molecule has 3 rings (SSSR count). The minimum atomic E-state index is -1.18. The van der Waals surface area contributed by atoms with Crippen molar-refractivity contribution in [3.05, 3.63) is 33.2 Å². The third-order valence-electron chi connectivity index (χ3n) is 5.78. The van der Waals surface area contributed by atoms with Crippen LogP contribution in [-0.4, -0.2) is 82.8 Å². The van der Waals surface area contributed by atoms with E-state index in [2.05, 4.69) is 4.90 Å². The first-order chi connectivity index (χ1) is 14.8. The minimum Gasteiger partial charge on any atom is -0.483 e. The summed E-state index contributed by atoms with van der Waals surface area (Å²) in [5.74, 6) is -0.908. The van der Waals surface area contributed by atoms with Gasteiger partial charge in [0.2, 0.25) is 5.91 Å². The molecule has 2 aliphatic rings. The maximum absolute atomic E-state index is 12.8. The van der Waals surface area contributed by atoms with Gasteiger partial charge in [-0.05, 0) is 42.9 Å². The number of hydrogen-bond acceptors (Lipinski definition) is 6. The van der Waals surface area contributed by atoms with E-state index in [1.165, 1.54) is 6.92 Å². The number of rotatable bonds is 7. The third kappa shape index (κ3) is 6.38. The second kappa shape index (κ2) is 11.6. The molecule has 2 aliphatic heterocycles. The monoisotopic (exact) mass is 437 g/mol. The third-order valence-corrected chi connectivity index (χ3v) is 5.78. The number of aromatic carboxylic acids is 1. The summed E-state index contributed by atoms with van der Waals surface area (Å²) >= 11 is 0. The molecule has 1 aromatic heterocycles. The average molecular weight is 437 g/mol. The molecule has 0 bridgehead atoms. The van der Waals surface area contributed by atoms with Gasteiger partial charge in [0.15, 0.2) is 0 Å². The lowest BCUT2D eigenvalue weighted by Gasteiger charge is -2.29. The number of ether oxygens (including phenoxy) is 1. The number of amides is 1. The fourth-order valence-corrected chi connectivity index (χ4v) is 4.31. The number of carboxylic acids is 1. The van der Waals surface area contributed by atoms with Gasteiger partial charge < -0.3 is 29.3 Å². The van der Waals surface area contributed by atoms with E-state index in [-0.39, 0.29) is 17.9 Å². The van der Waals surface area contributed by atoms with Gasteiger partial charge in [-0.25, -0.2) is 4.79 Å². The molecule has 0 radical (unpaired) electrons. The number of carbonyl (C=O) groups is 3. The summed E-state index contributed by atoms with van der Waals surface area (Å²) in [6.07, 6.45) is 4.14. The molecule has 1 fully saturated rings. The highest BCUT2D eigenvalue weighted by molar-refractivity contribution is 5.89. The van der Waals surface area contributed by atoms with Crippen LogP contribution in [-0.2, 0) is 33.8 Å². The molecule has 0 aliphatic carbocycles. The second-order valence-corrected chi connectivity index (χ2v) is 7.87. The van der Waals surface area contributed by atoms with Gasteiger partial charge in [0, 0.05) is 59.6 Å². The van der Waals surface area contributed by atoms with Crippen molar-refractivity contribution >= 4 is 18.3 Å². The zero-order valence-corrected chi connectivity index (χ0v) is 18.1. The van der Waals surface area contributed by atoms with Gasteiger partial charge in [-0.15, -0.1) is 0 Å². The summed E-state index contributed by atoms with van der Waals surface area (Å²) < 4.78 is 6.65. The number of likely N-dealkylation sites (tertiary alicyclic amines) is 1. The van der Waals surface area contributed by atoms with E-state index in [4.69, 9.17) is 14.6 Å². The van der Waals surface area contributed by atoms with Crippen LogP contribution in [0, 0.1) is 5.92 Å². The maximum atomic E-state index is 12.8. The number of carbonyl (C=O) groups excluding carboxylic acids is 1. The highest BCUT2D eigenvalue weighted by atomic mass is 16.5. The Kier molecular flexibility index (Phi) is 9.20. The molecule has 1 atom stereocenters. The quantitative estimate of drug-likeness (QED) is 0.466. The molecule has 1 saturated heterocycles. The zero-order chi connectivity index (χ0) is 23.0. The van der Waals surface area contributed by atoms with Crippen LogP contribution in [0.3, 0.4) is 0 Å². The molecule has 1 amide bonds. The molecular weight excluding hydrogens is 406 g/mol. The zero-order valence-electron chi connectivity index (χ0n) is 18.1. The van der Waals surface area contributed by atoms with E-state index in [0.29, 0.717) is 37.5 Å². The molecule has 3 heterocycles. The van der Waals surface area contributed by atoms with Crippen molar-refractivity contribution < 1.29 is 29.3 Å². The highest BCUT2D eigenvalue weighted by Gasteiger charge is 2.28. The van der Waals surface area contributed by atoms with Crippen molar-refractivity contribution in [2.45, 2.75) is 39.3 Å². The number of carboxylic acid groups (broad SMARTS) is 2. The van der Waals surface area contributed by atoms with Crippen LogP contribution in [0.2, 0.25) is 0 Å². The Labute approximate surface area is 181 Å². The fourth-order valence-electron chi connectivity index (χ4n) is 4.31. The predicted molar refractivity (Wildman–Crippen MR) is 112 cm³/mol. The molecule has 31 heavy (non-hydrogen) atoms. The smallest absolute Gasteiger partial charge is 0.341 e. The summed E-state index contributed by atoms with van der Waals surface area (Å²) in [7, 11) is 1.70. The Morgan fingerprint density at radius 2 is 2.03 bits per heavy atom. The van der Waals surface area contributed by atoms with Crippen molar-refractivity contribution in [2.24, 2.45) is 5.92 Å². The van der Waals surface area contributed by atoms with Crippen LogP contribution in [0.1, 0.15) is 41.3 Å². The summed E-state index contributed by atoms with van der Waals surface area (Å²) in [4.78, 5) is 48.8. The first-order valence-electron chi connectivity index (χ1n) is 10.4. The fraction of sp³-hybridized carbons (Fsp3) is 0.619. The molecule has 1 aromatic rings. The van der Waals surface area contributed by atoms with E-state index < -0.39 is 11.5 Å². The SMILES string of the molecule is COCCCN1CCC(Cn2cc3c(c(C(=O)O)c2=O)CCN(C(C)=O)C3)C1.O=CO. The van der Waals surface area contributed by atoms with Crippen LogP contribution >= 0.6 is 0 Å². The largest absolute Gasteiger partial charge is 0.483 e. The lowest BCUT2D eigenvalue weighted by atomic mass is 9.96. The standard InChI is InChI=1S/C20H29N3O5.CH2O2/c1-14(24)22-8-5-17-16(12-22)13-23(19(25)18(17)20(26)27)11-15-4-7-21(10-15)6-3-9-28-2;2-1-3/h13,15H,3-12H2,1-2H3,(H,26,27);1H,(H,2,3). The Balaban J connectivity index is 0.00000107. The predicted octanol–water partition coefficient (Wildman–Crippen LogP) is 0.510. The van der Waals surface area contributed by atoms with Crippen molar-refractivity contribution in [1.82, 2.24) is 14.4 Å². The topological polar surface area (TPSA) is 129 Å². The van der Waals surface area contributed by atoms with Gasteiger partial charge in [0.25, 0.3) is 12.0 Å². The molecule has 0 spiro atoms. The van der Waals surface area contributed by atoms with Crippen molar-refractivity contribution in [1.29, 1.82) is 0 Å². The Morgan fingerprint density at radius 3 is 2.65 bits per heavy atom. The molecule has 10 heteroatoms. The Morgan fingerprint density at radius 1 is 1.32 bits per heavy atom. The molecular formula is C21H31N3O7. The lowest BCUT2D eigenvalue weighted by molar-refractivity contribution is -0.129. The second-order valence-electron chi connectivity index (χ2n) is 7.87. The van der Waals surface area contributed by atoms with Crippen molar-refractivity contribution in [3.63, 3.8) is 0 Å². The summed E-state index contributed by atoms with van der Waals surface area (Å²) in [6.45, 7) is 6.16. The number of pyridine rings is 1. The van der Waals surface area contributed by atoms with Crippen LogP contribution in [0.15, 0.2) is 11.0 Å². The summed E-state index contributed by atoms with van der Waals surface area (Å²) in [5, 5.41) is 16.5. The van der Waals surface area contributed by atoms with Gasteiger partial charge >= 0.3 is 5.97 Å². The minimum absolute atomic E-state index is 0.0391. The highest BCUT2D eigenvalue weighted by Crippen LogP contribution is 2.23. The number of hydrogen-bond donors (Lipinski definition) is 2. The van der Waals surface area contributed by atoms with Gasteiger partial charge in [-0.3, -0.25) is 14.4 Å². The molecule has 0 aromatic carbocycles. The van der Waals surface area contributed by atoms with Crippen LogP contribution in [0.25, 0.3) is 0 Å². The Bertz CT molecular complexity index is 852. The Hall–Kier alpha value is -2.72. The first kappa shape index (κ1) is 24.5. The van der Waals surface area contributed by atoms with E-state index in [9.17, 15) is 19.5 Å². The van der Waals surface area contributed by atoms with Crippen molar-refractivity contribution in [3.8, 4) is 0 Å². The molecule has 0 saturated carbocycles. The van der Waals surface area contributed by atoms with E-state index in [1.807, 2.05) is 0 Å². The van der Waals surface area contributed by atoms with Gasteiger partial charge in [-0.2, -0.15) is 0 Å². The number of aromatic nitrogens is 1. The first-order valence-corrected chi connectivity index (χ1v) is 10.4. The number of fused-ring (bicyclic) bond motifs is 1. The van der Waals surface area contributed by atoms with Crippen molar-refractivity contribution in [2.75, 3.05) is 39.9 Å². The van der Waals surface area contributed by atoms with E-state index >= 15 is 0 Å². The van der Waals surface area contributed by atoms with Gasteiger partial charge in [0.1, 0.15) is 5.56 Å². The summed E-state index contributed by atoms with van der Waals surface area (Å²) in [6, 6.07) is 0. The van der Waals surface area contributed by atoms with Crippen LogP contribution in [0.4, 0.5) is 0 Å². The molecule has 2 N–H and O–H groups in total. The van der Waals surface area contributed by atoms with E-state index in [1.54, 1.807) is 22.8 Å². The molecule has 172 valence electrons. The molecule has 10 nitrogen and oxygen atoms in total. The summed E-state index contributed by atoms with van der Waals surface area (Å²) in [5.41, 5.74) is 0.795. The van der Waals surface area contributed by atoms with Gasteiger partial charge in [-0.1, -0.05) is 0 Å². The van der Waals surface area contributed by atoms with Gasteiger partial charge in [0.05, 0.1) is 0 Å². The maximum Gasteiger partial charge on any atom is 0.341 e. The van der Waals surface area contributed by atoms with E-state index in [0.717, 1.165) is 44.6 Å². The number of methoxy groups -OCH3 is 1. The number of nitrogens with zero attached hydrogens (tertiary/aromatic N) is 3.